The van der Waals surface area contributed by atoms with Gasteiger partial charge >= 0.3 is 0 Å². The zero-order valence-electron chi connectivity index (χ0n) is 20.1. The number of amides is 1. The molecule has 2 aliphatic rings. The lowest BCUT2D eigenvalue weighted by Crippen LogP contribution is -2.51. The maximum Gasteiger partial charge on any atom is 0.253 e. The molecule has 1 saturated heterocycles. The van der Waals surface area contributed by atoms with Crippen LogP contribution in [0, 0.1) is 5.92 Å². The lowest BCUT2D eigenvalue weighted by Gasteiger charge is -2.35. The monoisotopic (exact) mass is 450 g/mol. The van der Waals surface area contributed by atoms with Gasteiger partial charge in [0, 0.05) is 32.7 Å². The first-order valence-corrected chi connectivity index (χ1v) is 12.5. The van der Waals surface area contributed by atoms with E-state index in [1.165, 1.54) is 11.1 Å². The topological polar surface area (TPSA) is 53.0 Å². The van der Waals surface area contributed by atoms with E-state index in [1.54, 1.807) is 0 Å². The molecule has 4 rings (SSSR count). The molecule has 5 heteroatoms. The Balaban J connectivity index is 1.46. The van der Waals surface area contributed by atoms with Crippen molar-refractivity contribution in [2.75, 3.05) is 26.2 Å². The molecule has 0 bridgehead atoms. The Bertz CT molecular complexity index is 915. The minimum absolute atomic E-state index is 0.0666. The number of ether oxygens (including phenoxy) is 1. The summed E-state index contributed by atoms with van der Waals surface area (Å²) in [7, 11) is 0. The summed E-state index contributed by atoms with van der Waals surface area (Å²) in [6.07, 6.45) is 3.19. The van der Waals surface area contributed by atoms with Crippen LogP contribution in [0.25, 0.3) is 0 Å². The zero-order valence-corrected chi connectivity index (χ0v) is 20.1. The third-order valence-corrected chi connectivity index (χ3v) is 6.69. The fourth-order valence-corrected chi connectivity index (χ4v) is 5.02. The number of nitrogens with zero attached hydrogens (tertiary/aromatic N) is 2. The highest BCUT2D eigenvalue weighted by atomic mass is 16.5. The molecule has 2 atom stereocenters. The molecule has 2 unspecified atom stereocenters. The Morgan fingerprint density at radius 2 is 1.97 bits per heavy atom. The van der Waals surface area contributed by atoms with Crippen molar-refractivity contribution >= 4 is 5.91 Å². The second-order valence-electron chi connectivity index (χ2n) is 9.99. The molecule has 2 aromatic rings. The molecule has 0 spiro atoms. The highest BCUT2D eigenvalue weighted by molar-refractivity contribution is 5.81. The van der Waals surface area contributed by atoms with Gasteiger partial charge in [0.15, 0.2) is 0 Å². The molecule has 2 aromatic carbocycles. The Kier molecular flexibility index (Phi) is 8.18. The third-order valence-electron chi connectivity index (χ3n) is 6.69. The van der Waals surface area contributed by atoms with Gasteiger partial charge in [0.05, 0.1) is 12.7 Å². The second kappa shape index (κ2) is 11.3. The van der Waals surface area contributed by atoms with Crippen LogP contribution in [0.15, 0.2) is 48.5 Å². The number of carbonyl (C=O) groups is 1. The first-order valence-electron chi connectivity index (χ1n) is 12.5. The predicted octanol–water partition coefficient (Wildman–Crippen LogP) is 4.33. The predicted molar refractivity (Wildman–Crippen MR) is 131 cm³/mol. The largest absolute Gasteiger partial charge is 0.388 e. The molecular formula is C28H38N2O3. The molecule has 1 amide bonds. The molecule has 0 saturated carbocycles. The zero-order chi connectivity index (χ0) is 23.2. The van der Waals surface area contributed by atoms with Crippen LogP contribution in [0.2, 0.25) is 0 Å². The molecular weight excluding hydrogens is 412 g/mol. The fraction of sp³-hybridized carbons (Fsp3) is 0.536. The molecule has 178 valence electrons. The van der Waals surface area contributed by atoms with Crippen molar-refractivity contribution in [1.29, 1.82) is 0 Å². The lowest BCUT2D eigenvalue weighted by atomic mass is 9.98. The number of morpholine rings is 1. The van der Waals surface area contributed by atoms with Crippen LogP contribution in [0.3, 0.4) is 0 Å². The summed E-state index contributed by atoms with van der Waals surface area (Å²) in [5.41, 5.74) is 4.64. The Labute approximate surface area is 198 Å². The number of hydrogen-bond donors (Lipinski definition) is 1. The van der Waals surface area contributed by atoms with Crippen LogP contribution < -0.4 is 0 Å². The highest BCUT2D eigenvalue weighted by Gasteiger charge is 2.31. The fourth-order valence-electron chi connectivity index (χ4n) is 5.02. The molecule has 1 heterocycles. The minimum Gasteiger partial charge on any atom is -0.388 e. The van der Waals surface area contributed by atoms with Crippen LogP contribution in [0.1, 0.15) is 61.5 Å². The number of aliphatic hydroxyl groups excluding tert-OH is 1. The van der Waals surface area contributed by atoms with Gasteiger partial charge in [-0.2, -0.15) is 0 Å². The summed E-state index contributed by atoms with van der Waals surface area (Å²) in [5.74, 6) is 0.432. The SMILES string of the molecule is CC(C)CN(Cc1ccc2c(c1)C(O)CCCC2)C(=O)C1CN(Cc2ccccc2)CCO1. The van der Waals surface area contributed by atoms with Gasteiger partial charge in [0.25, 0.3) is 5.91 Å². The van der Waals surface area contributed by atoms with Crippen LogP contribution in [0.5, 0.6) is 0 Å². The van der Waals surface area contributed by atoms with Crippen molar-refractivity contribution in [3.05, 3.63) is 70.8 Å². The molecule has 0 aromatic heterocycles. The number of hydrogen-bond acceptors (Lipinski definition) is 4. The van der Waals surface area contributed by atoms with Crippen LogP contribution >= 0.6 is 0 Å². The molecule has 1 N–H and O–H groups in total. The van der Waals surface area contributed by atoms with Crippen LogP contribution in [-0.2, 0) is 29.0 Å². The minimum atomic E-state index is -0.437. The summed E-state index contributed by atoms with van der Waals surface area (Å²) in [5, 5.41) is 10.6. The van der Waals surface area contributed by atoms with E-state index in [-0.39, 0.29) is 5.91 Å². The number of aliphatic hydroxyl groups is 1. The Morgan fingerprint density at radius 3 is 2.76 bits per heavy atom. The van der Waals surface area contributed by atoms with E-state index in [4.69, 9.17) is 4.74 Å². The highest BCUT2D eigenvalue weighted by Crippen LogP contribution is 2.30. The van der Waals surface area contributed by atoms with Crippen molar-refractivity contribution in [2.45, 2.75) is 64.8 Å². The Morgan fingerprint density at radius 1 is 1.15 bits per heavy atom. The quantitative estimate of drug-likeness (QED) is 0.638. The summed E-state index contributed by atoms with van der Waals surface area (Å²) >= 11 is 0. The van der Waals surface area contributed by atoms with Crippen molar-refractivity contribution < 1.29 is 14.6 Å². The maximum atomic E-state index is 13.6. The second-order valence-corrected chi connectivity index (χ2v) is 9.99. The molecule has 33 heavy (non-hydrogen) atoms. The smallest absolute Gasteiger partial charge is 0.253 e. The first kappa shape index (κ1) is 23.9. The average molecular weight is 451 g/mol. The van der Waals surface area contributed by atoms with E-state index in [1.807, 2.05) is 11.0 Å². The number of fused-ring (bicyclic) bond motifs is 1. The van der Waals surface area contributed by atoms with E-state index in [0.717, 1.165) is 49.9 Å². The van der Waals surface area contributed by atoms with Crippen molar-refractivity contribution in [1.82, 2.24) is 9.80 Å². The Hall–Kier alpha value is -2.21. The number of aryl methyl sites for hydroxylation is 1. The van der Waals surface area contributed by atoms with Gasteiger partial charge in [0.1, 0.15) is 6.10 Å². The van der Waals surface area contributed by atoms with Gasteiger partial charge in [0.2, 0.25) is 0 Å². The number of rotatable bonds is 7. The lowest BCUT2D eigenvalue weighted by molar-refractivity contribution is -0.151. The maximum absolute atomic E-state index is 13.6. The number of benzene rings is 2. The standard InChI is InChI=1S/C28H38N2O3/c1-21(2)17-30(19-23-12-13-24-10-6-7-11-26(31)25(24)16-23)28(32)27-20-29(14-15-33-27)18-22-8-4-3-5-9-22/h3-5,8-9,12-13,16,21,26-27,31H,6-7,10-11,14-15,17-20H2,1-2H3. The molecule has 1 aliphatic heterocycles. The van der Waals surface area contributed by atoms with E-state index < -0.39 is 12.2 Å². The molecule has 1 fully saturated rings. The van der Waals surface area contributed by atoms with Gasteiger partial charge in [-0.3, -0.25) is 9.69 Å². The van der Waals surface area contributed by atoms with Gasteiger partial charge in [-0.15, -0.1) is 0 Å². The van der Waals surface area contributed by atoms with Gasteiger partial charge < -0.3 is 14.7 Å². The van der Waals surface area contributed by atoms with E-state index in [9.17, 15) is 9.90 Å². The van der Waals surface area contributed by atoms with E-state index in [0.29, 0.717) is 32.2 Å². The van der Waals surface area contributed by atoms with Crippen LogP contribution in [-0.4, -0.2) is 53.2 Å². The summed E-state index contributed by atoms with van der Waals surface area (Å²) < 4.78 is 5.96. The summed E-state index contributed by atoms with van der Waals surface area (Å²) in [4.78, 5) is 17.8. The summed E-state index contributed by atoms with van der Waals surface area (Å²) in [6, 6.07) is 16.8. The van der Waals surface area contributed by atoms with Gasteiger partial charge in [-0.25, -0.2) is 0 Å². The van der Waals surface area contributed by atoms with Crippen molar-refractivity contribution in [2.24, 2.45) is 5.92 Å². The van der Waals surface area contributed by atoms with Crippen molar-refractivity contribution in [3.63, 3.8) is 0 Å². The van der Waals surface area contributed by atoms with E-state index >= 15 is 0 Å². The molecule has 0 radical (unpaired) electrons. The summed E-state index contributed by atoms with van der Waals surface area (Å²) in [6.45, 7) is 8.39. The first-order chi connectivity index (χ1) is 16.0. The van der Waals surface area contributed by atoms with Gasteiger partial charge in [-0.1, -0.05) is 68.8 Å². The number of carbonyl (C=O) groups excluding carboxylic acids is 1. The van der Waals surface area contributed by atoms with Gasteiger partial charge in [-0.05, 0) is 47.4 Å². The van der Waals surface area contributed by atoms with E-state index in [2.05, 4.69) is 61.2 Å². The molecule has 1 aliphatic carbocycles. The van der Waals surface area contributed by atoms with Crippen molar-refractivity contribution in [3.8, 4) is 0 Å². The normalized spacial score (nSPS) is 21.5. The van der Waals surface area contributed by atoms with Crippen LogP contribution in [0.4, 0.5) is 0 Å². The third kappa shape index (κ3) is 6.44. The molecule has 5 nitrogen and oxygen atoms in total. The average Bonchev–Trinajstić information content (AvgIpc) is 3.00.